The van der Waals surface area contributed by atoms with Crippen LogP contribution in [0, 0.1) is 11.8 Å². The lowest BCUT2D eigenvalue weighted by Crippen LogP contribution is -2.56. The Labute approximate surface area is 245 Å². The molecule has 42 heavy (non-hydrogen) atoms. The highest BCUT2D eigenvalue weighted by molar-refractivity contribution is 6.02. The molecule has 0 unspecified atom stereocenters. The summed E-state index contributed by atoms with van der Waals surface area (Å²) in [6.45, 7) is 4.57. The summed E-state index contributed by atoms with van der Waals surface area (Å²) in [4.78, 5) is 43.7. The standard InChI is InChI=1S/C33H37N3O6/c1-19(2)21-9-11-23(12-10-21)34-30(37)27-25-14-15-33(42-25)28(27)32(39)36(17-20-8-13-24-26(16-20)41-18-40-24)29(33)31(38)35-22-6-4-3-5-7-22/h8-16,19,22,25,27-29H,3-7,17-18H2,1-2H3,(H,34,37)(H,35,38)/t25-,27-,28-,29-,33-/m1/s1. The largest absolute Gasteiger partial charge is 0.454 e. The Morgan fingerprint density at radius 1 is 1.00 bits per heavy atom. The highest BCUT2D eigenvalue weighted by Crippen LogP contribution is 2.55. The summed E-state index contributed by atoms with van der Waals surface area (Å²) in [5.74, 6) is -0.680. The number of anilines is 1. The van der Waals surface area contributed by atoms with Crippen LogP contribution in [0.15, 0.2) is 54.6 Å². The zero-order valence-corrected chi connectivity index (χ0v) is 24.0. The molecule has 2 N–H and O–H groups in total. The molecule has 4 heterocycles. The van der Waals surface area contributed by atoms with Gasteiger partial charge in [-0.25, -0.2) is 0 Å². The number of carbonyl (C=O) groups excluding carboxylic acids is 3. The maximum atomic E-state index is 14.3. The second-order valence-electron chi connectivity index (χ2n) is 12.5. The van der Waals surface area contributed by atoms with E-state index < -0.39 is 29.6 Å². The van der Waals surface area contributed by atoms with Gasteiger partial charge < -0.3 is 29.7 Å². The van der Waals surface area contributed by atoms with Gasteiger partial charge in [0.2, 0.25) is 24.5 Å². The van der Waals surface area contributed by atoms with Crippen LogP contribution < -0.4 is 20.1 Å². The highest BCUT2D eigenvalue weighted by Gasteiger charge is 2.72. The summed E-state index contributed by atoms with van der Waals surface area (Å²) in [5, 5.41) is 6.25. The van der Waals surface area contributed by atoms with E-state index >= 15 is 0 Å². The molecule has 220 valence electrons. The number of ether oxygens (including phenoxy) is 3. The molecule has 0 radical (unpaired) electrons. The van der Waals surface area contributed by atoms with Gasteiger partial charge in [0.25, 0.3) is 0 Å². The molecule has 9 heteroatoms. The summed E-state index contributed by atoms with van der Waals surface area (Å²) in [6.07, 6.45) is 8.28. The van der Waals surface area contributed by atoms with Crippen molar-refractivity contribution in [1.29, 1.82) is 0 Å². The summed E-state index contributed by atoms with van der Waals surface area (Å²) in [7, 11) is 0. The van der Waals surface area contributed by atoms with Crippen LogP contribution in [-0.4, -0.2) is 53.2 Å². The van der Waals surface area contributed by atoms with E-state index in [9.17, 15) is 14.4 Å². The van der Waals surface area contributed by atoms with Crippen molar-refractivity contribution >= 4 is 23.4 Å². The van der Waals surface area contributed by atoms with Gasteiger partial charge in [0.05, 0.1) is 17.9 Å². The van der Waals surface area contributed by atoms with Gasteiger partial charge in [-0.2, -0.15) is 0 Å². The van der Waals surface area contributed by atoms with Crippen molar-refractivity contribution in [3.63, 3.8) is 0 Å². The van der Waals surface area contributed by atoms with E-state index in [0.29, 0.717) is 23.1 Å². The van der Waals surface area contributed by atoms with Gasteiger partial charge in [0, 0.05) is 18.3 Å². The molecule has 3 amide bonds. The molecule has 2 aromatic rings. The molecule has 7 rings (SSSR count). The Bertz CT molecular complexity index is 1430. The molecule has 3 fully saturated rings. The van der Waals surface area contributed by atoms with Gasteiger partial charge in [-0.15, -0.1) is 0 Å². The maximum absolute atomic E-state index is 14.3. The highest BCUT2D eigenvalue weighted by atomic mass is 16.7. The SMILES string of the molecule is CC(C)c1ccc(NC(=O)[C@@H]2[C@H]3C=C[C@@]4(O3)[C@H]2C(=O)N(Cc2ccc3c(c2)OCO3)[C@@H]4C(=O)NC2CCCCC2)cc1. The van der Waals surface area contributed by atoms with Gasteiger partial charge in [-0.05, 0) is 54.2 Å². The van der Waals surface area contributed by atoms with Crippen LogP contribution in [0.5, 0.6) is 11.5 Å². The van der Waals surface area contributed by atoms with E-state index in [4.69, 9.17) is 14.2 Å². The van der Waals surface area contributed by atoms with Crippen LogP contribution in [0.1, 0.15) is 63.0 Å². The lowest BCUT2D eigenvalue weighted by molar-refractivity contribution is -0.142. The Hall–Kier alpha value is -3.85. The fraction of sp³-hybridized carbons (Fsp3) is 0.485. The van der Waals surface area contributed by atoms with Crippen molar-refractivity contribution in [1.82, 2.24) is 10.2 Å². The lowest BCUT2D eigenvalue weighted by atomic mass is 9.74. The van der Waals surface area contributed by atoms with Gasteiger partial charge >= 0.3 is 0 Å². The molecule has 2 saturated heterocycles. The summed E-state index contributed by atoms with van der Waals surface area (Å²) in [5.41, 5.74) is 1.44. The van der Waals surface area contributed by atoms with E-state index in [1.54, 1.807) is 4.90 Å². The number of amides is 3. The van der Waals surface area contributed by atoms with Crippen molar-refractivity contribution in [2.45, 2.75) is 82.2 Å². The van der Waals surface area contributed by atoms with Crippen LogP contribution in [0.4, 0.5) is 5.69 Å². The minimum Gasteiger partial charge on any atom is -0.454 e. The number of nitrogens with one attached hydrogen (secondary N) is 2. The molecule has 5 aliphatic rings. The second kappa shape index (κ2) is 10.5. The zero-order valence-electron chi connectivity index (χ0n) is 24.0. The van der Waals surface area contributed by atoms with Crippen LogP contribution in [0.3, 0.4) is 0 Å². The predicted molar refractivity (Wildman–Crippen MR) is 155 cm³/mol. The van der Waals surface area contributed by atoms with Crippen molar-refractivity contribution in [3.8, 4) is 11.5 Å². The molecule has 5 atom stereocenters. The second-order valence-corrected chi connectivity index (χ2v) is 12.5. The molecule has 1 spiro atoms. The molecule has 4 aliphatic heterocycles. The topological polar surface area (TPSA) is 106 Å². The molecule has 1 saturated carbocycles. The molecule has 2 bridgehead atoms. The van der Waals surface area contributed by atoms with Crippen LogP contribution >= 0.6 is 0 Å². The third-order valence-corrected chi connectivity index (χ3v) is 9.51. The van der Waals surface area contributed by atoms with E-state index in [1.165, 1.54) is 12.0 Å². The smallest absolute Gasteiger partial charge is 0.246 e. The normalized spacial score (nSPS) is 29.3. The van der Waals surface area contributed by atoms with E-state index in [-0.39, 0.29) is 37.1 Å². The molecular formula is C33H37N3O6. The van der Waals surface area contributed by atoms with Crippen LogP contribution in [0.2, 0.25) is 0 Å². The van der Waals surface area contributed by atoms with Crippen molar-refractivity contribution in [2.24, 2.45) is 11.8 Å². The van der Waals surface area contributed by atoms with Crippen molar-refractivity contribution < 1.29 is 28.6 Å². The average molecular weight is 572 g/mol. The Kier molecular flexibility index (Phi) is 6.72. The third kappa shape index (κ3) is 4.45. The van der Waals surface area contributed by atoms with Gasteiger partial charge in [0.15, 0.2) is 11.5 Å². The summed E-state index contributed by atoms with van der Waals surface area (Å²) < 4.78 is 17.5. The van der Waals surface area contributed by atoms with Crippen molar-refractivity contribution in [2.75, 3.05) is 12.1 Å². The first-order valence-electron chi connectivity index (χ1n) is 15.1. The first kappa shape index (κ1) is 27.0. The zero-order chi connectivity index (χ0) is 29.0. The molecule has 0 aromatic heterocycles. The quantitative estimate of drug-likeness (QED) is 0.481. The molecule has 1 aliphatic carbocycles. The van der Waals surface area contributed by atoms with E-state index in [2.05, 4.69) is 24.5 Å². The molecule has 2 aromatic carbocycles. The minimum absolute atomic E-state index is 0.0692. The number of hydrogen-bond acceptors (Lipinski definition) is 6. The monoisotopic (exact) mass is 571 g/mol. The Morgan fingerprint density at radius 2 is 1.76 bits per heavy atom. The average Bonchev–Trinajstić information content (AvgIpc) is 3.75. The molecule has 9 nitrogen and oxygen atoms in total. The Morgan fingerprint density at radius 3 is 2.52 bits per heavy atom. The van der Waals surface area contributed by atoms with Gasteiger partial charge in [-0.3, -0.25) is 14.4 Å². The number of likely N-dealkylation sites (tertiary alicyclic amines) is 1. The fourth-order valence-electron chi connectivity index (χ4n) is 7.38. The van der Waals surface area contributed by atoms with Crippen molar-refractivity contribution in [3.05, 3.63) is 65.7 Å². The lowest BCUT2D eigenvalue weighted by Gasteiger charge is -2.34. The number of rotatable bonds is 7. The summed E-state index contributed by atoms with van der Waals surface area (Å²) >= 11 is 0. The van der Waals surface area contributed by atoms with Crippen LogP contribution in [-0.2, 0) is 25.7 Å². The first-order valence-corrected chi connectivity index (χ1v) is 15.1. The first-order chi connectivity index (χ1) is 20.3. The fourth-order valence-corrected chi connectivity index (χ4v) is 7.38. The van der Waals surface area contributed by atoms with Gasteiger partial charge in [-0.1, -0.05) is 63.5 Å². The van der Waals surface area contributed by atoms with E-state index in [1.807, 2.05) is 54.6 Å². The molecular weight excluding hydrogens is 534 g/mol. The Balaban J connectivity index is 1.19. The number of nitrogens with zero attached hydrogens (tertiary/aromatic N) is 1. The van der Waals surface area contributed by atoms with Crippen LogP contribution in [0.25, 0.3) is 0 Å². The number of hydrogen-bond donors (Lipinski definition) is 2. The van der Waals surface area contributed by atoms with Gasteiger partial charge in [0.1, 0.15) is 11.6 Å². The number of benzene rings is 2. The minimum atomic E-state index is -1.21. The number of fused-ring (bicyclic) bond motifs is 2. The summed E-state index contributed by atoms with van der Waals surface area (Å²) in [6, 6.07) is 12.5. The number of carbonyl (C=O) groups is 3. The third-order valence-electron chi connectivity index (χ3n) is 9.51. The maximum Gasteiger partial charge on any atom is 0.246 e. The predicted octanol–water partition coefficient (Wildman–Crippen LogP) is 4.28. The van der Waals surface area contributed by atoms with E-state index in [0.717, 1.165) is 31.2 Å².